The molecule has 14 heavy (non-hydrogen) atoms. The van der Waals surface area contributed by atoms with Gasteiger partial charge >= 0.3 is 0 Å². The van der Waals surface area contributed by atoms with Gasteiger partial charge in [0.2, 0.25) is 0 Å². The SMILES string of the molecule is Clc1csc(NCCn2cccn2)n1. The van der Waals surface area contributed by atoms with Crippen molar-refractivity contribution in [2.45, 2.75) is 6.54 Å². The lowest BCUT2D eigenvalue weighted by Gasteiger charge is -2.01. The Kier molecular flexibility index (Phi) is 3.00. The minimum absolute atomic E-state index is 0.539. The largest absolute Gasteiger partial charge is 0.360 e. The van der Waals surface area contributed by atoms with E-state index in [0.29, 0.717) is 5.15 Å². The van der Waals surface area contributed by atoms with Gasteiger partial charge in [-0.2, -0.15) is 5.10 Å². The van der Waals surface area contributed by atoms with Crippen LogP contribution in [0, 0.1) is 0 Å². The first-order valence-corrected chi connectivity index (χ1v) is 5.43. The number of halogens is 1. The Morgan fingerprint density at radius 1 is 1.57 bits per heavy atom. The number of anilines is 1. The molecule has 0 saturated carbocycles. The number of aromatic nitrogens is 3. The van der Waals surface area contributed by atoms with E-state index in [0.717, 1.165) is 18.2 Å². The molecule has 6 heteroatoms. The fourth-order valence-electron chi connectivity index (χ4n) is 1.05. The summed E-state index contributed by atoms with van der Waals surface area (Å²) in [6.07, 6.45) is 3.69. The smallest absolute Gasteiger partial charge is 0.184 e. The second-order valence-electron chi connectivity index (χ2n) is 2.67. The van der Waals surface area contributed by atoms with Gasteiger partial charge in [0.25, 0.3) is 0 Å². The highest BCUT2D eigenvalue weighted by Gasteiger charge is 1.97. The Balaban J connectivity index is 1.78. The normalized spacial score (nSPS) is 10.4. The predicted octanol–water partition coefficient (Wildman–Crippen LogP) is 2.11. The van der Waals surface area contributed by atoms with Crippen molar-refractivity contribution in [1.82, 2.24) is 14.8 Å². The van der Waals surface area contributed by atoms with Crippen molar-refractivity contribution in [2.24, 2.45) is 0 Å². The highest BCUT2D eigenvalue weighted by atomic mass is 35.5. The number of thiazole rings is 1. The standard InChI is InChI=1S/C8H9ClN4S/c9-7-6-14-8(12-7)10-3-5-13-4-1-2-11-13/h1-2,4,6H,3,5H2,(H,10,12). The molecular weight excluding hydrogens is 220 g/mol. The monoisotopic (exact) mass is 228 g/mol. The Labute approximate surface area is 90.5 Å². The first-order valence-electron chi connectivity index (χ1n) is 4.17. The van der Waals surface area contributed by atoms with Crippen LogP contribution in [0.25, 0.3) is 0 Å². The van der Waals surface area contributed by atoms with Crippen LogP contribution in [-0.2, 0) is 6.54 Å². The number of nitrogens with one attached hydrogen (secondary N) is 1. The van der Waals surface area contributed by atoms with E-state index in [4.69, 9.17) is 11.6 Å². The minimum Gasteiger partial charge on any atom is -0.360 e. The molecule has 1 N–H and O–H groups in total. The lowest BCUT2D eigenvalue weighted by Crippen LogP contribution is -2.10. The first kappa shape index (κ1) is 9.48. The highest BCUT2D eigenvalue weighted by molar-refractivity contribution is 7.14. The molecule has 0 saturated heterocycles. The fourth-order valence-corrected chi connectivity index (χ4v) is 1.91. The summed E-state index contributed by atoms with van der Waals surface area (Å²) in [5.74, 6) is 0. The van der Waals surface area contributed by atoms with Crippen LogP contribution in [0.1, 0.15) is 0 Å². The van der Waals surface area contributed by atoms with Crippen LogP contribution >= 0.6 is 22.9 Å². The number of nitrogens with zero attached hydrogens (tertiary/aromatic N) is 3. The van der Waals surface area contributed by atoms with Gasteiger partial charge in [0.15, 0.2) is 5.13 Å². The second-order valence-corrected chi connectivity index (χ2v) is 3.92. The quantitative estimate of drug-likeness (QED) is 0.872. The van der Waals surface area contributed by atoms with E-state index in [-0.39, 0.29) is 0 Å². The molecule has 0 spiro atoms. The van der Waals surface area contributed by atoms with E-state index in [2.05, 4.69) is 15.4 Å². The minimum atomic E-state index is 0.539. The molecule has 0 unspecified atom stereocenters. The van der Waals surface area contributed by atoms with Gasteiger partial charge in [-0.3, -0.25) is 4.68 Å². The Hall–Kier alpha value is -1.07. The lowest BCUT2D eigenvalue weighted by atomic mass is 10.6. The summed E-state index contributed by atoms with van der Waals surface area (Å²) in [7, 11) is 0. The molecule has 0 fully saturated rings. The molecule has 0 amide bonds. The zero-order valence-corrected chi connectivity index (χ0v) is 8.92. The summed E-state index contributed by atoms with van der Waals surface area (Å²) in [5.41, 5.74) is 0. The first-order chi connectivity index (χ1) is 6.84. The van der Waals surface area contributed by atoms with Gasteiger partial charge in [-0.15, -0.1) is 11.3 Å². The molecule has 2 heterocycles. The molecule has 0 radical (unpaired) electrons. The van der Waals surface area contributed by atoms with Crippen molar-refractivity contribution in [3.8, 4) is 0 Å². The van der Waals surface area contributed by atoms with Crippen LogP contribution in [-0.4, -0.2) is 21.3 Å². The molecule has 0 aliphatic carbocycles. The summed E-state index contributed by atoms with van der Waals surface area (Å²) in [6.45, 7) is 1.62. The van der Waals surface area contributed by atoms with E-state index >= 15 is 0 Å². The molecule has 2 aromatic heterocycles. The molecule has 0 aliphatic rings. The van der Waals surface area contributed by atoms with Crippen molar-refractivity contribution in [2.75, 3.05) is 11.9 Å². The van der Waals surface area contributed by atoms with Crippen molar-refractivity contribution < 1.29 is 0 Å². The van der Waals surface area contributed by atoms with Gasteiger partial charge in [-0.25, -0.2) is 4.98 Å². The number of rotatable bonds is 4. The van der Waals surface area contributed by atoms with Gasteiger partial charge in [0.1, 0.15) is 5.15 Å². The summed E-state index contributed by atoms with van der Waals surface area (Å²) in [5, 5.41) is 10.4. The third-order valence-electron chi connectivity index (χ3n) is 1.65. The maximum atomic E-state index is 5.68. The Bertz CT molecular complexity index is 384. The zero-order chi connectivity index (χ0) is 9.80. The summed E-state index contributed by atoms with van der Waals surface area (Å²) >= 11 is 7.18. The summed E-state index contributed by atoms with van der Waals surface area (Å²) < 4.78 is 1.86. The molecule has 0 aliphatic heterocycles. The highest BCUT2D eigenvalue weighted by Crippen LogP contribution is 2.18. The zero-order valence-electron chi connectivity index (χ0n) is 7.35. The van der Waals surface area contributed by atoms with Crippen molar-refractivity contribution in [3.05, 3.63) is 29.0 Å². The van der Waals surface area contributed by atoms with Crippen LogP contribution in [0.3, 0.4) is 0 Å². The van der Waals surface area contributed by atoms with Gasteiger partial charge in [-0.05, 0) is 6.07 Å². The third-order valence-corrected chi connectivity index (χ3v) is 2.78. The van der Waals surface area contributed by atoms with Crippen LogP contribution in [0.5, 0.6) is 0 Å². The predicted molar refractivity (Wildman–Crippen MR) is 57.8 cm³/mol. The van der Waals surface area contributed by atoms with Crippen LogP contribution in [0.4, 0.5) is 5.13 Å². The molecule has 0 aromatic carbocycles. The van der Waals surface area contributed by atoms with E-state index in [1.165, 1.54) is 11.3 Å². The van der Waals surface area contributed by atoms with Crippen LogP contribution in [0.15, 0.2) is 23.8 Å². The van der Waals surface area contributed by atoms with Gasteiger partial charge in [0.05, 0.1) is 6.54 Å². The average molecular weight is 229 g/mol. The molecule has 4 nitrogen and oxygen atoms in total. The maximum absolute atomic E-state index is 5.68. The van der Waals surface area contributed by atoms with E-state index in [1.54, 1.807) is 11.6 Å². The Morgan fingerprint density at radius 2 is 2.50 bits per heavy atom. The fraction of sp³-hybridized carbons (Fsp3) is 0.250. The van der Waals surface area contributed by atoms with Crippen molar-refractivity contribution in [3.63, 3.8) is 0 Å². The van der Waals surface area contributed by atoms with Crippen molar-refractivity contribution in [1.29, 1.82) is 0 Å². The van der Waals surface area contributed by atoms with Crippen LogP contribution in [0.2, 0.25) is 5.15 Å². The van der Waals surface area contributed by atoms with Crippen molar-refractivity contribution >= 4 is 28.1 Å². The lowest BCUT2D eigenvalue weighted by molar-refractivity contribution is 0.637. The summed E-state index contributed by atoms with van der Waals surface area (Å²) in [6, 6.07) is 1.90. The third kappa shape index (κ3) is 2.46. The van der Waals surface area contributed by atoms with Gasteiger partial charge in [-0.1, -0.05) is 11.6 Å². The van der Waals surface area contributed by atoms with E-state index in [1.807, 2.05) is 16.9 Å². The second kappa shape index (κ2) is 4.43. The molecule has 0 atom stereocenters. The molecule has 2 aromatic rings. The molecular formula is C8H9ClN4S. The molecule has 74 valence electrons. The maximum Gasteiger partial charge on any atom is 0.184 e. The molecule has 0 bridgehead atoms. The average Bonchev–Trinajstić information content (AvgIpc) is 2.77. The summed E-state index contributed by atoms with van der Waals surface area (Å²) in [4.78, 5) is 4.07. The molecule has 2 rings (SSSR count). The number of hydrogen-bond acceptors (Lipinski definition) is 4. The van der Waals surface area contributed by atoms with Gasteiger partial charge < -0.3 is 5.32 Å². The van der Waals surface area contributed by atoms with E-state index < -0.39 is 0 Å². The topological polar surface area (TPSA) is 42.7 Å². The number of hydrogen-bond donors (Lipinski definition) is 1. The van der Waals surface area contributed by atoms with Crippen LogP contribution < -0.4 is 5.32 Å². The van der Waals surface area contributed by atoms with Gasteiger partial charge in [0, 0.05) is 24.3 Å². The Morgan fingerprint density at radius 3 is 3.14 bits per heavy atom. The van der Waals surface area contributed by atoms with E-state index in [9.17, 15) is 0 Å².